The van der Waals surface area contributed by atoms with E-state index in [4.69, 9.17) is 16.3 Å². The number of hydrogen-bond donors (Lipinski definition) is 0. The number of rotatable bonds is 5. The van der Waals surface area contributed by atoms with Gasteiger partial charge in [-0.15, -0.1) is 0 Å². The summed E-state index contributed by atoms with van der Waals surface area (Å²) in [5, 5.41) is 0.834. The third-order valence-electron chi connectivity index (χ3n) is 6.09. The largest absolute Gasteiger partial charge is 0.381 e. The lowest BCUT2D eigenvalue weighted by molar-refractivity contribution is 0.0176. The molecule has 4 rings (SSSR count). The highest BCUT2D eigenvalue weighted by Crippen LogP contribution is 2.46. The molecule has 3 aliphatic rings. The van der Waals surface area contributed by atoms with Gasteiger partial charge in [0.15, 0.2) is 0 Å². The van der Waals surface area contributed by atoms with Crippen molar-refractivity contribution in [3.8, 4) is 0 Å². The molecular formula is C19H26ClNO. The molecule has 2 aliphatic heterocycles. The molecule has 1 aromatic rings. The second-order valence-electron chi connectivity index (χ2n) is 7.50. The van der Waals surface area contributed by atoms with Crippen molar-refractivity contribution in [3.63, 3.8) is 0 Å². The summed E-state index contributed by atoms with van der Waals surface area (Å²) in [4.78, 5) is 2.62. The highest BCUT2D eigenvalue weighted by molar-refractivity contribution is 6.30. The molecule has 3 fully saturated rings. The molecule has 0 unspecified atom stereocenters. The van der Waals surface area contributed by atoms with Gasteiger partial charge in [-0.3, -0.25) is 0 Å². The minimum Gasteiger partial charge on any atom is -0.381 e. The van der Waals surface area contributed by atoms with Gasteiger partial charge >= 0.3 is 0 Å². The fourth-order valence-corrected chi connectivity index (χ4v) is 4.68. The van der Waals surface area contributed by atoms with Crippen molar-refractivity contribution in [2.45, 2.75) is 50.1 Å². The summed E-state index contributed by atoms with van der Waals surface area (Å²) < 4.78 is 6.12. The van der Waals surface area contributed by atoms with Crippen molar-refractivity contribution in [1.29, 1.82) is 0 Å². The normalized spacial score (nSPS) is 35.0. The highest BCUT2D eigenvalue weighted by Gasteiger charge is 2.45. The summed E-state index contributed by atoms with van der Waals surface area (Å²) in [6.45, 7) is 1.90. The van der Waals surface area contributed by atoms with E-state index in [0.717, 1.165) is 30.2 Å². The molecule has 2 heterocycles. The summed E-state index contributed by atoms with van der Waals surface area (Å²) in [6.07, 6.45) is 6.70. The van der Waals surface area contributed by atoms with E-state index in [9.17, 15) is 0 Å². The van der Waals surface area contributed by atoms with Crippen molar-refractivity contribution in [2.75, 3.05) is 20.3 Å². The Balaban J connectivity index is 1.52. The van der Waals surface area contributed by atoms with Crippen LogP contribution in [0.3, 0.4) is 0 Å². The molecule has 1 aromatic carbocycles. The lowest BCUT2D eigenvalue weighted by atomic mass is 9.76. The van der Waals surface area contributed by atoms with Crippen LogP contribution in [0.1, 0.15) is 43.6 Å². The highest BCUT2D eigenvalue weighted by atomic mass is 35.5. The van der Waals surface area contributed by atoms with Crippen molar-refractivity contribution < 1.29 is 4.74 Å². The summed E-state index contributed by atoms with van der Waals surface area (Å²) in [5.41, 5.74) is 1.45. The van der Waals surface area contributed by atoms with E-state index in [-0.39, 0.29) is 0 Å². The molecule has 0 amide bonds. The molecule has 0 N–H and O–H groups in total. The van der Waals surface area contributed by atoms with Crippen molar-refractivity contribution in [2.24, 2.45) is 11.8 Å². The molecule has 2 nitrogen and oxygen atoms in total. The zero-order valence-electron chi connectivity index (χ0n) is 13.4. The number of hydrogen-bond acceptors (Lipinski definition) is 2. The lowest BCUT2D eigenvalue weighted by Crippen LogP contribution is -2.47. The monoisotopic (exact) mass is 319 g/mol. The summed E-state index contributed by atoms with van der Waals surface area (Å²) in [7, 11) is 2.31. The van der Waals surface area contributed by atoms with E-state index < -0.39 is 0 Å². The minimum absolute atomic E-state index is 0.628. The van der Waals surface area contributed by atoms with Crippen LogP contribution in [-0.2, 0) is 4.74 Å². The Labute approximate surface area is 138 Å². The van der Waals surface area contributed by atoms with Crippen molar-refractivity contribution >= 4 is 11.6 Å². The van der Waals surface area contributed by atoms with Gasteiger partial charge in [0.2, 0.25) is 0 Å². The topological polar surface area (TPSA) is 12.5 Å². The molecule has 1 aliphatic carbocycles. The van der Waals surface area contributed by atoms with Crippen LogP contribution in [-0.4, -0.2) is 37.2 Å². The van der Waals surface area contributed by atoms with Crippen LogP contribution in [0.5, 0.6) is 0 Å². The number of piperidine rings is 1. The summed E-state index contributed by atoms with van der Waals surface area (Å²) in [6, 6.07) is 9.99. The number of fused-ring (bicyclic) bond motifs is 2. The molecule has 3 heteroatoms. The number of ether oxygens (including phenoxy) is 1. The van der Waals surface area contributed by atoms with Crippen molar-refractivity contribution in [1.82, 2.24) is 4.90 Å². The van der Waals surface area contributed by atoms with Gasteiger partial charge in [0, 0.05) is 29.6 Å². The Morgan fingerprint density at radius 2 is 1.86 bits per heavy atom. The lowest BCUT2D eigenvalue weighted by Gasteiger charge is -2.43. The third kappa shape index (κ3) is 2.93. The van der Waals surface area contributed by atoms with Gasteiger partial charge in [-0.1, -0.05) is 23.7 Å². The number of nitrogens with zero attached hydrogens (tertiary/aromatic N) is 1. The van der Waals surface area contributed by atoms with E-state index in [1.165, 1.54) is 37.7 Å². The molecular weight excluding hydrogens is 294 g/mol. The predicted octanol–water partition coefficient (Wildman–Crippen LogP) is 4.33. The molecule has 120 valence electrons. The molecule has 2 saturated heterocycles. The fourth-order valence-electron chi connectivity index (χ4n) is 4.55. The maximum Gasteiger partial charge on any atom is 0.0515 e. The average molecular weight is 320 g/mol. The molecule has 4 atom stereocenters. The third-order valence-corrected chi connectivity index (χ3v) is 6.34. The van der Waals surface area contributed by atoms with Crippen molar-refractivity contribution in [3.05, 3.63) is 34.9 Å². The first-order valence-corrected chi connectivity index (χ1v) is 9.15. The quantitative estimate of drug-likeness (QED) is 0.801. The maximum atomic E-state index is 6.12. The van der Waals surface area contributed by atoms with Gasteiger partial charge in [-0.2, -0.15) is 0 Å². The van der Waals surface area contributed by atoms with E-state index >= 15 is 0 Å². The summed E-state index contributed by atoms with van der Waals surface area (Å²) in [5.74, 6) is 2.11. The number of benzene rings is 1. The first-order valence-electron chi connectivity index (χ1n) is 8.77. The fraction of sp³-hybridized carbons (Fsp3) is 0.684. The first-order chi connectivity index (χ1) is 10.7. The Kier molecular flexibility index (Phi) is 4.19. The van der Waals surface area contributed by atoms with Crippen LogP contribution in [0, 0.1) is 11.8 Å². The van der Waals surface area contributed by atoms with Crippen LogP contribution in [0.4, 0.5) is 0 Å². The molecule has 0 radical (unpaired) electrons. The van der Waals surface area contributed by atoms with E-state index in [1.54, 1.807) is 0 Å². The van der Waals surface area contributed by atoms with Gasteiger partial charge < -0.3 is 9.64 Å². The average Bonchev–Trinajstić information content (AvgIpc) is 3.29. The van der Waals surface area contributed by atoms with Crippen LogP contribution in [0.25, 0.3) is 0 Å². The molecule has 22 heavy (non-hydrogen) atoms. The van der Waals surface area contributed by atoms with Gasteiger partial charge in [-0.05, 0) is 68.7 Å². The SMILES string of the molecule is CN1[C@@H]2CC[C@H]1[C@@H](COCC1CC1)[C@H](c1ccc(Cl)cc1)C2. The van der Waals surface area contributed by atoms with Crippen LogP contribution in [0.2, 0.25) is 5.02 Å². The molecule has 1 saturated carbocycles. The molecule has 0 spiro atoms. The molecule has 2 bridgehead atoms. The van der Waals surface area contributed by atoms with Gasteiger partial charge in [0.05, 0.1) is 6.61 Å². The zero-order chi connectivity index (χ0) is 15.1. The smallest absolute Gasteiger partial charge is 0.0515 e. The zero-order valence-corrected chi connectivity index (χ0v) is 14.1. The second-order valence-corrected chi connectivity index (χ2v) is 7.94. The van der Waals surface area contributed by atoms with Crippen LogP contribution >= 0.6 is 11.6 Å². The van der Waals surface area contributed by atoms with Crippen LogP contribution in [0.15, 0.2) is 24.3 Å². The standard InChI is InChI=1S/C19H26ClNO/c1-21-16-8-9-19(21)18(12-22-11-13-2-3-13)17(10-16)14-4-6-15(20)7-5-14/h4-7,13,16-19H,2-3,8-12H2,1H3/t16-,17+,18+,19+/m1/s1. The molecule has 0 aromatic heterocycles. The van der Waals surface area contributed by atoms with E-state index in [2.05, 4.69) is 24.1 Å². The van der Waals surface area contributed by atoms with E-state index in [1.807, 2.05) is 12.1 Å². The van der Waals surface area contributed by atoms with Crippen LogP contribution < -0.4 is 0 Å². The second kappa shape index (κ2) is 6.14. The first kappa shape index (κ1) is 15.0. The van der Waals surface area contributed by atoms with Gasteiger partial charge in [-0.25, -0.2) is 0 Å². The summed E-state index contributed by atoms with van der Waals surface area (Å²) >= 11 is 6.07. The minimum atomic E-state index is 0.628. The Morgan fingerprint density at radius 1 is 1.09 bits per heavy atom. The Bertz CT molecular complexity index is 513. The maximum absolute atomic E-state index is 6.12. The predicted molar refractivity (Wildman–Crippen MR) is 90.4 cm³/mol. The Morgan fingerprint density at radius 3 is 2.59 bits per heavy atom. The number of halogens is 1. The van der Waals surface area contributed by atoms with E-state index in [0.29, 0.717) is 17.9 Å². The van der Waals surface area contributed by atoms with Gasteiger partial charge in [0.25, 0.3) is 0 Å². The van der Waals surface area contributed by atoms with Gasteiger partial charge in [0.1, 0.15) is 0 Å². The Hall–Kier alpha value is -0.570.